The molecule has 1 aliphatic rings. The van der Waals surface area contributed by atoms with Crippen molar-refractivity contribution in [3.8, 4) is 0 Å². The van der Waals surface area contributed by atoms with Crippen LogP contribution >= 0.6 is 0 Å². The first kappa shape index (κ1) is 12.2. The second-order valence-electron chi connectivity index (χ2n) is 4.43. The molecule has 1 aromatic rings. The summed E-state index contributed by atoms with van der Waals surface area (Å²) in [5.74, 6) is 0. The van der Waals surface area contributed by atoms with Gasteiger partial charge in [0.25, 0.3) is 0 Å². The maximum Gasteiger partial charge on any atom is 0.0906 e. The summed E-state index contributed by atoms with van der Waals surface area (Å²) < 4.78 is 12.1. The Balaban J connectivity index is 1.89. The van der Waals surface area contributed by atoms with Crippen molar-refractivity contribution in [2.24, 2.45) is 0 Å². The third-order valence-electron chi connectivity index (χ3n) is 3.26. The van der Waals surface area contributed by atoms with Crippen molar-refractivity contribution in [2.45, 2.75) is 6.42 Å². The summed E-state index contributed by atoms with van der Waals surface area (Å²) in [5.41, 5.74) is 7.92. The molecule has 0 aromatic heterocycles. The SMILES string of the molecule is Nc1ccccc1N1CCN(CCCF)CC1. The lowest BCUT2D eigenvalue weighted by atomic mass is 10.2. The van der Waals surface area contributed by atoms with Crippen LogP contribution in [0.2, 0.25) is 0 Å². The zero-order chi connectivity index (χ0) is 12.1. The van der Waals surface area contributed by atoms with Gasteiger partial charge in [-0.2, -0.15) is 0 Å². The standard InChI is InChI=1S/C13H20FN3/c14-6-3-7-16-8-10-17(11-9-16)13-5-2-1-4-12(13)15/h1-2,4-5H,3,6-11,15H2. The van der Waals surface area contributed by atoms with Crippen molar-refractivity contribution in [1.82, 2.24) is 4.90 Å². The molecule has 0 saturated carbocycles. The summed E-state index contributed by atoms with van der Waals surface area (Å²) >= 11 is 0. The van der Waals surface area contributed by atoms with Crippen LogP contribution in [0.4, 0.5) is 15.8 Å². The monoisotopic (exact) mass is 237 g/mol. The van der Waals surface area contributed by atoms with E-state index in [-0.39, 0.29) is 6.67 Å². The van der Waals surface area contributed by atoms with Gasteiger partial charge in [-0.25, -0.2) is 0 Å². The zero-order valence-corrected chi connectivity index (χ0v) is 10.1. The van der Waals surface area contributed by atoms with E-state index in [1.807, 2.05) is 18.2 Å². The molecule has 1 saturated heterocycles. The molecule has 0 bridgehead atoms. The molecule has 17 heavy (non-hydrogen) atoms. The van der Waals surface area contributed by atoms with Crippen LogP contribution in [0.3, 0.4) is 0 Å². The zero-order valence-electron chi connectivity index (χ0n) is 10.1. The highest BCUT2D eigenvalue weighted by Gasteiger charge is 2.17. The van der Waals surface area contributed by atoms with Crippen LogP contribution in [-0.2, 0) is 0 Å². The van der Waals surface area contributed by atoms with Crippen molar-refractivity contribution in [3.63, 3.8) is 0 Å². The van der Waals surface area contributed by atoms with Gasteiger partial charge in [0, 0.05) is 32.7 Å². The number of nitrogens with zero attached hydrogens (tertiary/aromatic N) is 2. The van der Waals surface area contributed by atoms with Gasteiger partial charge in [-0.1, -0.05) is 12.1 Å². The molecule has 0 aliphatic carbocycles. The number of anilines is 2. The van der Waals surface area contributed by atoms with Gasteiger partial charge in [0.05, 0.1) is 18.0 Å². The molecule has 1 aromatic carbocycles. The second-order valence-corrected chi connectivity index (χ2v) is 4.43. The summed E-state index contributed by atoms with van der Waals surface area (Å²) in [6.45, 7) is 4.59. The number of rotatable bonds is 4. The number of alkyl halides is 1. The molecule has 0 radical (unpaired) electrons. The molecule has 2 N–H and O–H groups in total. The molecule has 0 amide bonds. The van der Waals surface area contributed by atoms with Crippen molar-refractivity contribution in [2.75, 3.05) is 50.0 Å². The lowest BCUT2D eigenvalue weighted by Crippen LogP contribution is -2.46. The molecular weight excluding hydrogens is 217 g/mol. The van der Waals surface area contributed by atoms with Crippen LogP contribution in [0.1, 0.15) is 6.42 Å². The van der Waals surface area contributed by atoms with Crippen molar-refractivity contribution in [3.05, 3.63) is 24.3 Å². The normalized spacial score (nSPS) is 17.4. The van der Waals surface area contributed by atoms with Gasteiger partial charge in [-0.15, -0.1) is 0 Å². The summed E-state index contributed by atoms with van der Waals surface area (Å²) in [6, 6.07) is 7.97. The van der Waals surface area contributed by atoms with Gasteiger partial charge in [0.15, 0.2) is 0 Å². The average Bonchev–Trinajstić information content (AvgIpc) is 2.38. The Kier molecular flexibility index (Phi) is 4.20. The minimum atomic E-state index is -0.216. The lowest BCUT2D eigenvalue weighted by molar-refractivity contribution is 0.245. The van der Waals surface area contributed by atoms with E-state index < -0.39 is 0 Å². The van der Waals surface area contributed by atoms with E-state index in [1.54, 1.807) is 0 Å². The molecule has 0 atom stereocenters. The number of nitrogens with two attached hydrogens (primary N) is 1. The highest BCUT2D eigenvalue weighted by molar-refractivity contribution is 5.67. The summed E-state index contributed by atoms with van der Waals surface area (Å²) in [4.78, 5) is 4.62. The lowest BCUT2D eigenvalue weighted by Gasteiger charge is -2.36. The molecular formula is C13H20FN3. The van der Waals surface area contributed by atoms with Gasteiger partial charge in [-0.05, 0) is 18.6 Å². The predicted octanol–water partition coefficient (Wildman–Crippen LogP) is 1.75. The van der Waals surface area contributed by atoms with Gasteiger partial charge in [0.2, 0.25) is 0 Å². The fourth-order valence-electron chi connectivity index (χ4n) is 2.27. The van der Waals surface area contributed by atoms with Gasteiger partial charge in [-0.3, -0.25) is 9.29 Å². The van der Waals surface area contributed by atoms with Crippen molar-refractivity contribution in [1.29, 1.82) is 0 Å². The molecule has 4 heteroatoms. The Bertz CT molecular complexity index is 348. The maximum absolute atomic E-state index is 12.1. The second kappa shape index (κ2) is 5.87. The number of nitrogen functional groups attached to an aromatic ring is 1. The first-order valence-corrected chi connectivity index (χ1v) is 6.19. The molecule has 0 spiro atoms. The molecule has 1 aliphatic heterocycles. The molecule has 0 unspecified atom stereocenters. The smallest absolute Gasteiger partial charge is 0.0906 e. The largest absolute Gasteiger partial charge is 0.397 e. The number of para-hydroxylation sites is 2. The van der Waals surface area contributed by atoms with Crippen LogP contribution in [0.15, 0.2) is 24.3 Å². The quantitative estimate of drug-likeness (QED) is 0.810. The molecule has 1 heterocycles. The number of halogens is 1. The van der Waals surface area contributed by atoms with Gasteiger partial charge >= 0.3 is 0 Å². The maximum atomic E-state index is 12.1. The van der Waals surface area contributed by atoms with Crippen molar-refractivity contribution < 1.29 is 4.39 Å². The summed E-state index contributed by atoms with van der Waals surface area (Å²) in [5, 5.41) is 0. The Morgan fingerprint density at radius 3 is 2.47 bits per heavy atom. The van der Waals surface area contributed by atoms with Gasteiger partial charge in [0.1, 0.15) is 0 Å². The van der Waals surface area contributed by atoms with Crippen LogP contribution in [0.5, 0.6) is 0 Å². The highest BCUT2D eigenvalue weighted by atomic mass is 19.1. The fraction of sp³-hybridized carbons (Fsp3) is 0.538. The van der Waals surface area contributed by atoms with E-state index in [4.69, 9.17) is 5.73 Å². The molecule has 2 rings (SSSR count). The minimum Gasteiger partial charge on any atom is -0.397 e. The number of hydrogen-bond donors (Lipinski definition) is 1. The Morgan fingerprint density at radius 1 is 1.12 bits per heavy atom. The highest BCUT2D eigenvalue weighted by Crippen LogP contribution is 2.23. The number of hydrogen-bond acceptors (Lipinski definition) is 3. The van der Waals surface area contributed by atoms with E-state index in [9.17, 15) is 4.39 Å². The van der Waals surface area contributed by atoms with Crippen LogP contribution in [0, 0.1) is 0 Å². The third kappa shape index (κ3) is 3.09. The van der Waals surface area contributed by atoms with E-state index in [1.165, 1.54) is 0 Å². The topological polar surface area (TPSA) is 32.5 Å². The predicted molar refractivity (Wildman–Crippen MR) is 70.1 cm³/mol. The average molecular weight is 237 g/mol. The molecule has 1 fully saturated rings. The first-order chi connectivity index (χ1) is 8.31. The van der Waals surface area contributed by atoms with E-state index >= 15 is 0 Å². The van der Waals surface area contributed by atoms with Crippen LogP contribution in [-0.4, -0.2) is 44.3 Å². The van der Waals surface area contributed by atoms with E-state index in [0.717, 1.165) is 44.1 Å². The first-order valence-electron chi connectivity index (χ1n) is 6.19. The van der Waals surface area contributed by atoms with Crippen LogP contribution in [0.25, 0.3) is 0 Å². The minimum absolute atomic E-state index is 0.216. The fourth-order valence-corrected chi connectivity index (χ4v) is 2.27. The summed E-state index contributed by atoms with van der Waals surface area (Å²) in [6.07, 6.45) is 0.646. The Labute approximate surface area is 102 Å². The number of benzene rings is 1. The van der Waals surface area contributed by atoms with E-state index in [0.29, 0.717) is 6.42 Å². The van der Waals surface area contributed by atoms with E-state index in [2.05, 4.69) is 15.9 Å². The number of piperazine rings is 1. The summed E-state index contributed by atoms with van der Waals surface area (Å²) in [7, 11) is 0. The Morgan fingerprint density at radius 2 is 1.82 bits per heavy atom. The van der Waals surface area contributed by atoms with Crippen LogP contribution < -0.4 is 10.6 Å². The van der Waals surface area contributed by atoms with Crippen molar-refractivity contribution >= 4 is 11.4 Å². The molecule has 3 nitrogen and oxygen atoms in total. The molecule has 94 valence electrons. The van der Waals surface area contributed by atoms with Gasteiger partial charge < -0.3 is 10.6 Å². The Hall–Kier alpha value is -1.29. The third-order valence-corrected chi connectivity index (χ3v) is 3.26.